The Labute approximate surface area is 218 Å². The van der Waals surface area contributed by atoms with Crippen molar-refractivity contribution < 1.29 is 8.42 Å². The number of aromatic amines is 1. The van der Waals surface area contributed by atoms with Crippen molar-refractivity contribution in [2.24, 2.45) is 0 Å². The van der Waals surface area contributed by atoms with E-state index in [-0.39, 0.29) is 11.3 Å². The molecule has 0 saturated heterocycles. The molecule has 0 spiro atoms. The highest BCUT2D eigenvalue weighted by molar-refractivity contribution is 7.92. The van der Waals surface area contributed by atoms with E-state index in [0.717, 1.165) is 27.4 Å². The molecule has 0 aliphatic carbocycles. The van der Waals surface area contributed by atoms with Gasteiger partial charge in [0.25, 0.3) is 10.0 Å². The number of anilines is 1. The third-order valence-corrected chi connectivity index (χ3v) is 7.73. The average molecular weight is 520 g/mol. The molecular weight excluding hydrogens is 498 g/mol. The van der Waals surface area contributed by atoms with Crippen molar-refractivity contribution in [2.45, 2.75) is 17.4 Å². The van der Waals surface area contributed by atoms with Crippen LogP contribution in [0.2, 0.25) is 0 Å². The standard InChI is InChI=1S/C28H21N7O2S/c29-15-22(35-17-21(16-33-35)27-25-11-12-30-28(25)32-18-31-27)13-19-5-3-8-23(14-19)38(36,37)34-26-10-4-7-20-6-1-2-9-24(20)26/h1-12,14,16-18,22,34H,13H2,(H,30,31,32). The van der Waals surface area contributed by atoms with Crippen LogP contribution in [0.5, 0.6) is 0 Å². The van der Waals surface area contributed by atoms with Crippen LogP contribution in [0.15, 0.2) is 103 Å². The Balaban J connectivity index is 1.25. The molecule has 10 heteroatoms. The third-order valence-electron chi connectivity index (χ3n) is 6.37. The van der Waals surface area contributed by atoms with Crippen LogP contribution in [0.4, 0.5) is 5.69 Å². The monoisotopic (exact) mass is 519 g/mol. The first kappa shape index (κ1) is 23.4. The highest BCUT2D eigenvalue weighted by atomic mass is 32.2. The number of nitriles is 1. The van der Waals surface area contributed by atoms with Gasteiger partial charge in [-0.15, -0.1) is 0 Å². The molecule has 3 aromatic carbocycles. The van der Waals surface area contributed by atoms with Crippen LogP contribution >= 0.6 is 0 Å². The minimum atomic E-state index is -3.85. The summed E-state index contributed by atoms with van der Waals surface area (Å²) in [6.07, 6.45) is 6.98. The molecule has 1 unspecified atom stereocenters. The van der Waals surface area contributed by atoms with Crippen molar-refractivity contribution in [3.63, 3.8) is 0 Å². The second kappa shape index (κ2) is 9.46. The Bertz CT molecular complexity index is 1930. The summed E-state index contributed by atoms with van der Waals surface area (Å²) >= 11 is 0. The van der Waals surface area contributed by atoms with Crippen molar-refractivity contribution in [2.75, 3.05) is 4.72 Å². The Kier molecular flexibility index (Phi) is 5.82. The Morgan fingerprint density at radius 1 is 1.00 bits per heavy atom. The Morgan fingerprint density at radius 3 is 2.74 bits per heavy atom. The molecule has 38 heavy (non-hydrogen) atoms. The minimum Gasteiger partial charge on any atom is -0.346 e. The molecule has 3 aromatic heterocycles. The van der Waals surface area contributed by atoms with E-state index in [2.05, 4.69) is 30.8 Å². The van der Waals surface area contributed by atoms with E-state index in [9.17, 15) is 13.7 Å². The predicted molar refractivity (Wildman–Crippen MR) is 145 cm³/mol. The summed E-state index contributed by atoms with van der Waals surface area (Å²) in [5.74, 6) is 0. The van der Waals surface area contributed by atoms with Crippen molar-refractivity contribution in [3.05, 3.63) is 103 Å². The smallest absolute Gasteiger partial charge is 0.261 e. The molecule has 9 nitrogen and oxygen atoms in total. The number of benzene rings is 3. The van der Waals surface area contributed by atoms with Crippen LogP contribution in [0, 0.1) is 11.3 Å². The van der Waals surface area contributed by atoms with Gasteiger partial charge in [-0.3, -0.25) is 9.40 Å². The van der Waals surface area contributed by atoms with Gasteiger partial charge in [0.2, 0.25) is 0 Å². The van der Waals surface area contributed by atoms with Gasteiger partial charge < -0.3 is 4.98 Å². The lowest BCUT2D eigenvalue weighted by Crippen LogP contribution is -2.14. The lowest BCUT2D eigenvalue weighted by atomic mass is 10.1. The molecule has 0 aliphatic heterocycles. The van der Waals surface area contributed by atoms with E-state index >= 15 is 0 Å². The van der Waals surface area contributed by atoms with E-state index in [0.29, 0.717) is 16.9 Å². The molecule has 0 radical (unpaired) electrons. The predicted octanol–water partition coefficient (Wildman–Crippen LogP) is 5.08. The summed E-state index contributed by atoms with van der Waals surface area (Å²) in [5.41, 5.74) is 3.40. The van der Waals surface area contributed by atoms with E-state index in [4.69, 9.17) is 0 Å². The molecule has 0 saturated carbocycles. The van der Waals surface area contributed by atoms with Gasteiger partial charge >= 0.3 is 0 Å². The largest absolute Gasteiger partial charge is 0.346 e. The van der Waals surface area contributed by atoms with Gasteiger partial charge in [-0.1, -0.05) is 48.5 Å². The van der Waals surface area contributed by atoms with Crippen LogP contribution in [0.3, 0.4) is 0 Å². The number of nitrogens with zero attached hydrogens (tertiary/aromatic N) is 5. The highest BCUT2D eigenvalue weighted by Crippen LogP contribution is 2.28. The average Bonchev–Trinajstić information content (AvgIpc) is 3.62. The lowest BCUT2D eigenvalue weighted by Gasteiger charge is -2.13. The van der Waals surface area contributed by atoms with E-state index in [1.165, 1.54) is 6.33 Å². The van der Waals surface area contributed by atoms with Gasteiger partial charge in [-0.05, 0) is 35.2 Å². The number of H-pyrrole nitrogens is 1. The van der Waals surface area contributed by atoms with Crippen LogP contribution in [-0.2, 0) is 16.4 Å². The number of aromatic nitrogens is 5. The van der Waals surface area contributed by atoms with Gasteiger partial charge in [0.05, 0.1) is 28.5 Å². The minimum absolute atomic E-state index is 0.122. The number of nitrogens with one attached hydrogen (secondary N) is 2. The molecule has 0 amide bonds. The first-order chi connectivity index (χ1) is 18.5. The summed E-state index contributed by atoms with van der Waals surface area (Å²) in [5, 5.41) is 16.9. The third kappa shape index (κ3) is 4.36. The number of hydrogen-bond acceptors (Lipinski definition) is 6. The number of fused-ring (bicyclic) bond motifs is 2. The van der Waals surface area contributed by atoms with Crippen molar-refractivity contribution in [1.82, 2.24) is 24.7 Å². The fourth-order valence-corrected chi connectivity index (χ4v) is 5.66. The maximum Gasteiger partial charge on any atom is 0.261 e. The Morgan fingerprint density at radius 2 is 1.84 bits per heavy atom. The number of hydrogen-bond donors (Lipinski definition) is 2. The molecular formula is C28H21N7O2S. The molecule has 0 fully saturated rings. The summed E-state index contributed by atoms with van der Waals surface area (Å²) in [4.78, 5) is 11.8. The lowest BCUT2D eigenvalue weighted by molar-refractivity contribution is 0.545. The normalized spacial score (nSPS) is 12.4. The summed E-state index contributed by atoms with van der Waals surface area (Å²) in [6, 6.07) is 23.2. The van der Waals surface area contributed by atoms with Crippen molar-refractivity contribution in [1.29, 1.82) is 5.26 Å². The van der Waals surface area contributed by atoms with Crippen LogP contribution in [0.25, 0.3) is 33.1 Å². The van der Waals surface area contributed by atoms with Crippen molar-refractivity contribution in [3.8, 4) is 17.3 Å². The molecule has 0 aliphatic rings. The van der Waals surface area contributed by atoms with E-state index < -0.39 is 16.1 Å². The van der Waals surface area contributed by atoms with Crippen LogP contribution < -0.4 is 4.72 Å². The topological polar surface area (TPSA) is 129 Å². The second-order valence-electron chi connectivity index (χ2n) is 8.80. The zero-order chi connectivity index (χ0) is 26.1. The first-order valence-electron chi connectivity index (χ1n) is 11.8. The first-order valence-corrected chi connectivity index (χ1v) is 13.3. The second-order valence-corrected chi connectivity index (χ2v) is 10.5. The summed E-state index contributed by atoms with van der Waals surface area (Å²) < 4.78 is 30.8. The van der Waals surface area contributed by atoms with Crippen molar-refractivity contribution >= 4 is 37.5 Å². The molecule has 186 valence electrons. The SMILES string of the molecule is N#CC(Cc1cccc(S(=O)(=O)Nc2cccc3ccccc23)c1)n1cc(-c2ncnc3[nH]ccc23)cn1. The van der Waals surface area contributed by atoms with Crippen LogP contribution in [0.1, 0.15) is 11.6 Å². The summed E-state index contributed by atoms with van der Waals surface area (Å²) in [6.45, 7) is 0. The molecule has 6 rings (SSSR count). The fourth-order valence-electron chi connectivity index (χ4n) is 4.51. The highest BCUT2D eigenvalue weighted by Gasteiger charge is 2.19. The van der Waals surface area contributed by atoms with Gasteiger partial charge in [-0.25, -0.2) is 18.4 Å². The van der Waals surface area contributed by atoms with Gasteiger partial charge in [0.1, 0.15) is 18.0 Å². The quantitative estimate of drug-likeness (QED) is 0.302. The van der Waals surface area contributed by atoms with Gasteiger partial charge in [0, 0.05) is 35.2 Å². The molecule has 2 N–H and O–H groups in total. The molecule has 6 aromatic rings. The van der Waals surface area contributed by atoms with Gasteiger partial charge in [-0.2, -0.15) is 10.4 Å². The molecule has 3 heterocycles. The zero-order valence-corrected chi connectivity index (χ0v) is 20.8. The summed E-state index contributed by atoms with van der Waals surface area (Å²) in [7, 11) is -3.85. The molecule has 1 atom stereocenters. The zero-order valence-electron chi connectivity index (χ0n) is 20.0. The van der Waals surface area contributed by atoms with Gasteiger partial charge in [0.15, 0.2) is 0 Å². The maximum atomic E-state index is 13.3. The Hall–Kier alpha value is -5.01. The number of sulfonamides is 1. The maximum absolute atomic E-state index is 13.3. The van der Waals surface area contributed by atoms with E-state index in [1.54, 1.807) is 53.6 Å². The van der Waals surface area contributed by atoms with E-state index in [1.807, 2.05) is 42.5 Å². The molecule has 0 bridgehead atoms. The number of rotatable bonds is 7. The van der Waals surface area contributed by atoms with Crippen LogP contribution in [-0.4, -0.2) is 33.2 Å². The fraction of sp³-hybridized carbons (Fsp3) is 0.0714.